The van der Waals surface area contributed by atoms with Crippen molar-refractivity contribution < 1.29 is 4.79 Å². The van der Waals surface area contributed by atoms with Crippen molar-refractivity contribution in [2.75, 3.05) is 6.54 Å². The second-order valence-corrected chi connectivity index (χ2v) is 9.01. The molecule has 0 bridgehead atoms. The van der Waals surface area contributed by atoms with Gasteiger partial charge in [-0.25, -0.2) is 9.97 Å². The molecule has 5 rings (SSSR count). The number of carbonyl (C=O) groups excluding carboxylic acids is 1. The van der Waals surface area contributed by atoms with Crippen LogP contribution in [-0.4, -0.2) is 37.8 Å². The van der Waals surface area contributed by atoms with Crippen LogP contribution in [0, 0.1) is 11.3 Å². The molecular weight excluding hydrogens is 386 g/mol. The molecule has 1 amide bonds. The number of carbonyl (C=O) groups is 1. The van der Waals surface area contributed by atoms with Crippen molar-refractivity contribution in [3.8, 4) is 6.07 Å². The predicted octanol–water partition coefficient (Wildman–Crippen LogP) is 4.48. The summed E-state index contributed by atoms with van der Waals surface area (Å²) in [7, 11) is 0. The van der Waals surface area contributed by atoms with Crippen LogP contribution in [-0.2, 0) is 11.2 Å². The van der Waals surface area contributed by atoms with E-state index in [0.29, 0.717) is 17.9 Å². The SMILES string of the molecule is N#Cc1cccc(CC(=O)N2CCCCCC(c3ncnc4[nH]ccc34)CC23CC3)c1. The summed E-state index contributed by atoms with van der Waals surface area (Å²) in [6, 6.07) is 11.7. The van der Waals surface area contributed by atoms with Crippen LogP contribution in [0.4, 0.5) is 0 Å². The van der Waals surface area contributed by atoms with Gasteiger partial charge in [0.15, 0.2) is 0 Å². The minimum absolute atomic E-state index is 0.0491. The Morgan fingerprint density at radius 2 is 2.13 bits per heavy atom. The summed E-state index contributed by atoms with van der Waals surface area (Å²) in [5.41, 5.74) is 3.48. The zero-order valence-electron chi connectivity index (χ0n) is 17.7. The second-order valence-electron chi connectivity index (χ2n) is 9.01. The van der Waals surface area contributed by atoms with Gasteiger partial charge in [-0.3, -0.25) is 4.79 Å². The van der Waals surface area contributed by atoms with E-state index in [1.807, 2.05) is 24.4 Å². The van der Waals surface area contributed by atoms with Crippen LogP contribution < -0.4 is 0 Å². The number of hydrogen-bond acceptors (Lipinski definition) is 4. The molecule has 1 aliphatic carbocycles. The molecule has 31 heavy (non-hydrogen) atoms. The topological polar surface area (TPSA) is 85.7 Å². The van der Waals surface area contributed by atoms with Crippen LogP contribution in [0.3, 0.4) is 0 Å². The molecule has 0 radical (unpaired) electrons. The monoisotopic (exact) mass is 413 g/mol. The van der Waals surface area contributed by atoms with Gasteiger partial charge in [0.2, 0.25) is 5.91 Å². The number of H-pyrrole nitrogens is 1. The van der Waals surface area contributed by atoms with Crippen molar-refractivity contribution >= 4 is 16.9 Å². The molecule has 6 heteroatoms. The highest BCUT2D eigenvalue weighted by atomic mass is 16.2. The predicted molar refractivity (Wildman–Crippen MR) is 118 cm³/mol. The number of nitrogens with one attached hydrogen (secondary N) is 1. The van der Waals surface area contributed by atoms with Crippen LogP contribution in [0.1, 0.15) is 67.7 Å². The molecule has 1 aromatic carbocycles. The summed E-state index contributed by atoms with van der Waals surface area (Å²) in [6.45, 7) is 0.826. The third-order valence-corrected chi connectivity index (χ3v) is 6.94. The molecule has 1 saturated carbocycles. The lowest BCUT2D eigenvalue weighted by atomic mass is 9.88. The van der Waals surface area contributed by atoms with Crippen molar-refractivity contribution in [1.82, 2.24) is 19.9 Å². The first-order chi connectivity index (χ1) is 15.2. The van der Waals surface area contributed by atoms with Gasteiger partial charge < -0.3 is 9.88 Å². The molecule has 1 spiro atoms. The maximum absolute atomic E-state index is 13.4. The first-order valence-corrected chi connectivity index (χ1v) is 11.3. The summed E-state index contributed by atoms with van der Waals surface area (Å²) in [6.07, 6.45) is 11.5. The third-order valence-electron chi connectivity index (χ3n) is 6.94. The Kier molecular flexibility index (Phi) is 5.19. The van der Waals surface area contributed by atoms with Gasteiger partial charge in [0.05, 0.1) is 23.7 Å². The lowest BCUT2D eigenvalue weighted by molar-refractivity contribution is -0.134. The Balaban J connectivity index is 1.41. The van der Waals surface area contributed by atoms with Gasteiger partial charge in [0, 0.05) is 29.6 Å². The van der Waals surface area contributed by atoms with Crippen LogP contribution in [0.2, 0.25) is 0 Å². The smallest absolute Gasteiger partial charge is 0.227 e. The first kappa shape index (κ1) is 19.7. The minimum atomic E-state index is -0.0491. The Morgan fingerprint density at radius 1 is 1.23 bits per heavy atom. The Labute approximate surface area is 182 Å². The van der Waals surface area contributed by atoms with E-state index in [9.17, 15) is 10.1 Å². The molecule has 2 aromatic heterocycles. The lowest BCUT2D eigenvalue weighted by Crippen LogP contribution is -2.44. The van der Waals surface area contributed by atoms with Crippen molar-refractivity contribution in [2.24, 2.45) is 0 Å². The second kappa shape index (κ2) is 8.14. The van der Waals surface area contributed by atoms with Crippen LogP contribution >= 0.6 is 0 Å². The molecule has 158 valence electrons. The number of amides is 1. The van der Waals surface area contributed by atoms with E-state index in [-0.39, 0.29) is 11.4 Å². The maximum atomic E-state index is 13.4. The molecule has 3 heterocycles. The van der Waals surface area contributed by atoms with Gasteiger partial charge >= 0.3 is 0 Å². The number of benzene rings is 1. The van der Waals surface area contributed by atoms with Crippen LogP contribution in [0.25, 0.3) is 11.0 Å². The summed E-state index contributed by atoms with van der Waals surface area (Å²) in [5.74, 6) is 0.516. The molecule has 1 aliphatic heterocycles. The fourth-order valence-electron chi connectivity index (χ4n) is 5.23. The molecule has 1 N–H and O–H groups in total. The number of aromatic amines is 1. The summed E-state index contributed by atoms with van der Waals surface area (Å²) in [4.78, 5) is 27.8. The highest BCUT2D eigenvalue weighted by Gasteiger charge is 2.51. The number of rotatable bonds is 3. The number of nitriles is 1. The van der Waals surface area contributed by atoms with E-state index >= 15 is 0 Å². The first-order valence-electron chi connectivity index (χ1n) is 11.3. The Bertz CT molecular complexity index is 1140. The fourth-order valence-corrected chi connectivity index (χ4v) is 5.23. The largest absolute Gasteiger partial charge is 0.346 e. The molecule has 1 atom stereocenters. The fraction of sp³-hybridized carbons (Fsp3) is 0.440. The molecule has 1 saturated heterocycles. The van der Waals surface area contributed by atoms with E-state index in [2.05, 4.69) is 27.0 Å². The average Bonchev–Trinajstić information content (AvgIpc) is 3.36. The Hall–Kier alpha value is -3.20. The number of hydrogen-bond donors (Lipinski definition) is 1. The van der Waals surface area contributed by atoms with Crippen molar-refractivity contribution in [3.05, 3.63) is 59.7 Å². The van der Waals surface area contributed by atoms with Gasteiger partial charge in [-0.1, -0.05) is 25.0 Å². The normalized spacial score (nSPS) is 20.6. The standard InChI is InChI=1S/C25H27N5O/c26-16-19-6-4-5-18(13-19)14-22(31)30-12-3-1-2-7-20(15-25(30)9-10-25)23-21-8-11-27-24(21)29-17-28-23/h4-6,8,11,13,17,20H,1-3,7,9-10,12,14-15H2,(H,27,28,29). The van der Waals surface area contributed by atoms with Crippen LogP contribution in [0.15, 0.2) is 42.9 Å². The van der Waals surface area contributed by atoms with Crippen molar-refractivity contribution in [2.45, 2.75) is 62.8 Å². The zero-order chi connectivity index (χ0) is 21.3. The van der Waals surface area contributed by atoms with Gasteiger partial charge in [-0.15, -0.1) is 0 Å². The molecule has 3 aromatic rings. The van der Waals surface area contributed by atoms with E-state index in [1.54, 1.807) is 12.4 Å². The van der Waals surface area contributed by atoms with Crippen LogP contribution in [0.5, 0.6) is 0 Å². The molecule has 2 fully saturated rings. The average molecular weight is 414 g/mol. The summed E-state index contributed by atoms with van der Waals surface area (Å²) < 4.78 is 0. The van der Waals surface area contributed by atoms with Crippen molar-refractivity contribution in [1.29, 1.82) is 5.26 Å². The van der Waals surface area contributed by atoms with E-state index in [4.69, 9.17) is 4.98 Å². The quantitative estimate of drug-likeness (QED) is 0.686. The Morgan fingerprint density at radius 3 is 2.97 bits per heavy atom. The van der Waals surface area contributed by atoms with Gasteiger partial charge in [-0.2, -0.15) is 5.26 Å². The van der Waals surface area contributed by atoms with E-state index in [0.717, 1.165) is 73.8 Å². The van der Waals surface area contributed by atoms with Gasteiger partial charge in [-0.05, 0) is 55.9 Å². The van der Waals surface area contributed by atoms with Gasteiger partial charge in [0.25, 0.3) is 0 Å². The van der Waals surface area contributed by atoms with Gasteiger partial charge in [0.1, 0.15) is 12.0 Å². The number of aromatic nitrogens is 3. The highest BCUT2D eigenvalue weighted by molar-refractivity contribution is 5.80. The number of nitrogens with zero attached hydrogens (tertiary/aromatic N) is 4. The zero-order valence-corrected chi connectivity index (χ0v) is 17.7. The molecule has 1 unspecified atom stereocenters. The summed E-state index contributed by atoms with van der Waals surface area (Å²) in [5, 5.41) is 10.3. The highest BCUT2D eigenvalue weighted by Crippen LogP contribution is 2.50. The molecular formula is C25H27N5O. The van der Waals surface area contributed by atoms with Crippen molar-refractivity contribution in [3.63, 3.8) is 0 Å². The molecule has 2 aliphatic rings. The lowest BCUT2D eigenvalue weighted by Gasteiger charge is -2.34. The summed E-state index contributed by atoms with van der Waals surface area (Å²) >= 11 is 0. The maximum Gasteiger partial charge on any atom is 0.227 e. The van der Waals surface area contributed by atoms with E-state index < -0.39 is 0 Å². The molecule has 6 nitrogen and oxygen atoms in total. The minimum Gasteiger partial charge on any atom is -0.346 e. The third kappa shape index (κ3) is 3.93. The number of fused-ring (bicyclic) bond motifs is 1. The van der Waals surface area contributed by atoms with E-state index in [1.165, 1.54) is 0 Å².